The van der Waals surface area contributed by atoms with Crippen molar-refractivity contribution in [3.63, 3.8) is 0 Å². The second-order valence-corrected chi connectivity index (χ2v) is 5.78. The summed E-state index contributed by atoms with van der Waals surface area (Å²) in [6.07, 6.45) is 7.14. The highest BCUT2D eigenvalue weighted by atomic mass is 19.1. The molecule has 0 radical (unpaired) electrons. The third-order valence-corrected chi connectivity index (χ3v) is 4.05. The summed E-state index contributed by atoms with van der Waals surface area (Å²) in [6.45, 7) is 9.56. The minimum atomic E-state index is 0.0671. The highest BCUT2D eigenvalue weighted by Gasteiger charge is 2.44. The molecule has 2 heteroatoms. The van der Waals surface area contributed by atoms with Crippen molar-refractivity contribution in [3.8, 4) is 0 Å². The number of allylic oxidation sites excluding steroid dienone is 2. The van der Waals surface area contributed by atoms with Crippen molar-refractivity contribution < 1.29 is 4.39 Å². The van der Waals surface area contributed by atoms with E-state index in [-0.39, 0.29) is 11.7 Å². The van der Waals surface area contributed by atoms with E-state index in [2.05, 4.69) is 19.2 Å². The molecule has 0 aliphatic heterocycles. The zero-order valence-electron chi connectivity index (χ0n) is 11.9. The smallest absolute Gasteiger partial charge is 0.0987 e. The van der Waals surface area contributed by atoms with E-state index in [1.807, 2.05) is 13.8 Å². The molecule has 1 nitrogen and oxygen atoms in total. The van der Waals surface area contributed by atoms with Gasteiger partial charge in [0.25, 0.3) is 0 Å². The molecule has 0 saturated heterocycles. The van der Waals surface area contributed by atoms with Gasteiger partial charge in [-0.15, -0.1) is 0 Å². The van der Waals surface area contributed by atoms with E-state index in [1.165, 1.54) is 12.8 Å². The van der Waals surface area contributed by atoms with Crippen LogP contribution in [-0.4, -0.2) is 12.1 Å². The number of rotatable bonds is 8. The van der Waals surface area contributed by atoms with Gasteiger partial charge in [-0.05, 0) is 44.6 Å². The third kappa shape index (κ3) is 4.42. The van der Waals surface area contributed by atoms with Gasteiger partial charge < -0.3 is 5.32 Å². The van der Waals surface area contributed by atoms with Crippen LogP contribution in [0.1, 0.15) is 59.8 Å². The normalized spacial score (nSPS) is 20.7. The molecule has 1 N–H and O–H groups in total. The molecule has 1 unspecified atom stereocenters. The van der Waals surface area contributed by atoms with E-state index < -0.39 is 0 Å². The Morgan fingerprint density at radius 3 is 2.47 bits per heavy atom. The fourth-order valence-corrected chi connectivity index (χ4v) is 2.37. The first kappa shape index (κ1) is 14.7. The Balaban J connectivity index is 2.14. The molecule has 1 fully saturated rings. The maximum absolute atomic E-state index is 13.4. The van der Waals surface area contributed by atoms with Gasteiger partial charge in [0.15, 0.2) is 0 Å². The molecule has 1 atom stereocenters. The van der Waals surface area contributed by atoms with Crippen molar-refractivity contribution in [2.24, 2.45) is 11.8 Å². The summed E-state index contributed by atoms with van der Waals surface area (Å²) in [5.41, 5.74) is 0.418. The molecule has 0 bridgehead atoms. The minimum absolute atomic E-state index is 0.0671. The first-order chi connectivity index (χ1) is 8.02. The van der Waals surface area contributed by atoms with Gasteiger partial charge in [-0.2, -0.15) is 0 Å². The lowest BCUT2D eigenvalue weighted by Gasteiger charge is -2.21. The molecule has 0 amide bonds. The molecule has 0 aromatic carbocycles. The van der Waals surface area contributed by atoms with Gasteiger partial charge in [0.05, 0.1) is 5.83 Å². The number of hydrogen-bond acceptors (Lipinski definition) is 1. The molecule has 1 saturated carbocycles. The molecular formula is C15H28FN. The predicted molar refractivity (Wildman–Crippen MR) is 72.7 cm³/mol. The van der Waals surface area contributed by atoms with Crippen molar-refractivity contribution in [2.45, 2.75) is 65.3 Å². The van der Waals surface area contributed by atoms with Gasteiger partial charge in [-0.25, -0.2) is 4.39 Å². The van der Waals surface area contributed by atoms with Crippen LogP contribution in [0.25, 0.3) is 0 Å². The van der Waals surface area contributed by atoms with E-state index in [9.17, 15) is 4.39 Å². The molecule has 1 aliphatic rings. The number of halogens is 1. The summed E-state index contributed by atoms with van der Waals surface area (Å²) in [4.78, 5) is 0. The monoisotopic (exact) mass is 241 g/mol. The van der Waals surface area contributed by atoms with Crippen LogP contribution in [-0.2, 0) is 0 Å². The largest absolute Gasteiger partial charge is 0.311 e. The van der Waals surface area contributed by atoms with Crippen LogP contribution in [0.2, 0.25) is 0 Å². The summed E-state index contributed by atoms with van der Waals surface area (Å²) in [5.74, 6) is 0.875. The Bertz CT molecular complexity index is 254. The lowest BCUT2D eigenvalue weighted by atomic mass is 10.0. The Hall–Kier alpha value is -0.370. The number of nitrogens with one attached hydrogen (secondary N) is 1. The summed E-state index contributed by atoms with van der Waals surface area (Å²) in [7, 11) is 0. The topological polar surface area (TPSA) is 12.0 Å². The molecule has 17 heavy (non-hydrogen) atoms. The average Bonchev–Trinajstić information content (AvgIpc) is 3.05. The van der Waals surface area contributed by atoms with Crippen molar-refractivity contribution in [1.29, 1.82) is 0 Å². The quantitative estimate of drug-likeness (QED) is 0.619. The summed E-state index contributed by atoms with van der Waals surface area (Å²) >= 11 is 0. The molecule has 1 rings (SSSR count). The maximum Gasteiger partial charge on any atom is 0.0987 e. The first-order valence-electron chi connectivity index (χ1n) is 7.12. The Labute approximate surface area is 106 Å². The fraction of sp³-hybridized carbons (Fsp3) is 0.867. The summed E-state index contributed by atoms with van der Waals surface area (Å²) < 4.78 is 13.4. The second kappa shape index (κ2) is 6.53. The van der Waals surface area contributed by atoms with Crippen molar-refractivity contribution in [3.05, 3.63) is 11.9 Å². The zero-order chi connectivity index (χ0) is 12.9. The van der Waals surface area contributed by atoms with Gasteiger partial charge in [-0.3, -0.25) is 0 Å². The van der Waals surface area contributed by atoms with Crippen molar-refractivity contribution in [1.82, 2.24) is 5.32 Å². The van der Waals surface area contributed by atoms with Gasteiger partial charge in [0, 0.05) is 11.5 Å². The van der Waals surface area contributed by atoms with Crippen LogP contribution < -0.4 is 5.32 Å². The van der Waals surface area contributed by atoms with E-state index in [0.717, 1.165) is 31.7 Å². The van der Waals surface area contributed by atoms with Crippen LogP contribution in [0.4, 0.5) is 4.39 Å². The van der Waals surface area contributed by atoms with Crippen LogP contribution in [0, 0.1) is 11.8 Å². The summed E-state index contributed by atoms with van der Waals surface area (Å²) in [6, 6.07) is 0. The SMILES string of the molecule is CC/C=C(\F)C(C)CCCNC1(C(C)C)CC1. The molecule has 0 aromatic rings. The lowest BCUT2D eigenvalue weighted by Crippen LogP contribution is -2.36. The molecule has 1 aliphatic carbocycles. The molecule has 100 valence electrons. The third-order valence-electron chi connectivity index (χ3n) is 4.05. The van der Waals surface area contributed by atoms with Crippen LogP contribution in [0.5, 0.6) is 0 Å². The molecular weight excluding hydrogens is 213 g/mol. The lowest BCUT2D eigenvalue weighted by molar-refractivity contribution is 0.365. The maximum atomic E-state index is 13.4. The predicted octanol–water partition coefficient (Wildman–Crippen LogP) is 4.44. The standard InChI is InChI=1S/C15H28FN/c1-5-7-14(16)13(4)8-6-11-17-15(9-10-15)12(2)3/h7,12-13,17H,5-6,8-11H2,1-4H3/b14-7-. The van der Waals surface area contributed by atoms with Crippen LogP contribution >= 0.6 is 0 Å². The summed E-state index contributed by atoms with van der Waals surface area (Å²) in [5, 5.41) is 3.65. The Kier molecular flexibility index (Phi) is 5.64. The van der Waals surface area contributed by atoms with E-state index in [1.54, 1.807) is 6.08 Å². The van der Waals surface area contributed by atoms with Crippen LogP contribution in [0.3, 0.4) is 0 Å². The molecule has 0 spiro atoms. The van der Waals surface area contributed by atoms with Crippen LogP contribution in [0.15, 0.2) is 11.9 Å². The van der Waals surface area contributed by atoms with E-state index in [0.29, 0.717) is 5.54 Å². The number of hydrogen-bond donors (Lipinski definition) is 1. The van der Waals surface area contributed by atoms with Crippen molar-refractivity contribution in [2.75, 3.05) is 6.54 Å². The molecule has 0 aromatic heterocycles. The molecule has 0 heterocycles. The zero-order valence-corrected chi connectivity index (χ0v) is 11.9. The minimum Gasteiger partial charge on any atom is -0.311 e. The first-order valence-corrected chi connectivity index (χ1v) is 7.12. The Morgan fingerprint density at radius 2 is 2.00 bits per heavy atom. The van der Waals surface area contributed by atoms with E-state index >= 15 is 0 Å². The van der Waals surface area contributed by atoms with Gasteiger partial charge in [-0.1, -0.05) is 33.8 Å². The van der Waals surface area contributed by atoms with Crippen molar-refractivity contribution >= 4 is 0 Å². The highest BCUT2D eigenvalue weighted by Crippen LogP contribution is 2.41. The van der Waals surface area contributed by atoms with Gasteiger partial charge in [0.1, 0.15) is 0 Å². The Morgan fingerprint density at radius 1 is 1.35 bits per heavy atom. The van der Waals surface area contributed by atoms with E-state index in [4.69, 9.17) is 0 Å². The van der Waals surface area contributed by atoms with Gasteiger partial charge in [0.2, 0.25) is 0 Å². The fourth-order valence-electron chi connectivity index (χ4n) is 2.37. The van der Waals surface area contributed by atoms with Gasteiger partial charge >= 0.3 is 0 Å². The highest BCUT2D eigenvalue weighted by molar-refractivity contribution is 5.04. The second-order valence-electron chi connectivity index (χ2n) is 5.78. The average molecular weight is 241 g/mol.